The van der Waals surface area contributed by atoms with Crippen molar-refractivity contribution in [1.82, 2.24) is 5.32 Å². The van der Waals surface area contributed by atoms with Crippen molar-refractivity contribution >= 4 is 23.2 Å². The molecule has 5 heteroatoms. The monoisotopic (exact) mass is 304 g/mol. The highest BCUT2D eigenvalue weighted by Gasteiger charge is 2.17. The van der Waals surface area contributed by atoms with Gasteiger partial charge in [0.25, 0.3) is 5.91 Å². The molecule has 0 spiro atoms. The molecule has 0 aliphatic carbocycles. The number of rotatable bonds is 4. The molecule has 0 aliphatic rings. The van der Waals surface area contributed by atoms with E-state index in [1.807, 2.05) is 25.1 Å². The Morgan fingerprint density at radius 1 is 1.24 bits per heavy atom. The molecular weight excluding hydrogens is 288 g/mol. The first-order valence-electron chi connectivity index (χ1n) is 6.52. The Kier molecular flexibility index (Phi) is 4.70. The molecule has 0 fully saturated rings. The van der Waals surface area contributed by atoms with Gasteiger partial charge in [0.1, 0.15) is 5.75 Å². The number of nitrogen functional groups attached to an aromatic ring is 1. The van der Waals surface area contributed by atoms with E-state index in [1.54, 1.807) is 24.3 Å². The van der Waals surface area contributed by atoms with E-state index < -0.39 is 0 Å². The van der Waals surface area contributed by atoms with Crippen LogP contribution < -0.4 is 15.8 Å². The van der Waals surface area contributed by atoms with Gasteiger partial charge in [-0.2, -0.15) is 0 Å². The van der Waals surface area contributed by atoms with Crippen molar-refractivity contribution in [3.05, 3.63) is 58.6 Å². The van der Waals surface area contributed by atoms with Gasteiger partial charge in [-0.05, 0) is 30.7 Å². The highest BCUT2D eigenvalue weighted by atomic mass is 35.5. The van der Waals surface area contributed by atoms with Crippen LogP contribution in [0.3, 0.4) is 0 Å². The number of nitrogens with one attached hydrogen (secondary N) is 1. The molecule has 0 aromatic heterocycles. The Labute approximate surface area is 128 Å². The third kappa shape index (κ3) is 3.28. The van der Waals surface area contributed by atoms with E-state index in [4.69, 9.17) is 22.1 Å². The molecule has 0 bridgehead atoms. The van der Waals surface area contributed by atoms with E-state index in [1.165, 1.54) is 7.11 Å². The van der Waals surface area contributed by atoms with Crippen LogP contribution in [0.2, 0.25) is 5.02 Å². The normalized spacial score (nSPS) is 11.8. The number of anilines is 1. The largest absolute Gasteiger partial charge is 0.495 e. The van der Waals surface area contributed by atoms with Gasteiger partial charge in [0.15, 0.2) is 0 Å². The molecule has 3 N–H and O–H groups in total. The van der Waals surface area contributed by atoms with Gasteiger partial charge in [0.2, 0.25) is 0 Å². The van der Waals surface area contributed by atoms with Gasteiger partial charge in [-0.25, -0.2) is 0 Å². The van der Waals surface area contributed by atoms with Crippen LogP contribution >= 0.6 is 11.6 Å². The second-order valence-electron chi connectivity index (χ2n) is 4.64. The number of para-hydroxylation sites is 1. The smallest absolute Gasteiger partial charge is 0.253 e. The molecule has 110 valence electrons. The first-order valence-corrected chi connectivity index (χ1v) is 6.90. The van der Waals surface area contributed by atoms with Crippen molar-refractivity contribution in [2.75, 3.05) is 12.8 Å². The van der Waals surface area contributed by atoms with Crippen molar-refractivity contribution < 1.29 is 9.53 Å². The number of halogens is 1. The summed E-state index contributed by atoms with van der Waals surface area (Å²) in [5.74, 6) is 0.215. The maximum absolute atomic E-state index is 12.3. The van der Waals surface area contributed by atoms with Crippen molar-refractivity contribution in [2.45, 2.75) is 13.0 Å². The molecule has 0 saturated carbocycles. The third-order valence-corrected chi connectivity index (χ3v) is 3.59. The van der Waals surface area contributed by atoms with Gasteiger partial charge in [-0.1, -0.05) is 35.9 Å². The second kappa shape index (κ2) is 6.50. The topological polar surface area (TPSA) is 64.3 Å². The predicted molar refractivity (Wildman–Crippen MR) is 84.7 cm³/mol. The summed E-state index contributed by atoms with van der Waals surface area (Å²) in [6, 6.07) is 12.3. The Bertz CT molecular complexity index is 658. The lowest BCUT2D eigenvalue weighted by atomic mass is 10.1. The molecule has 2 aromatic rings. The maximum Gasteiger partial charge on any atom is 0.253 e. The number of ether oxygens (including phenoxy) is 1. The van der Waals surface area contributed by atoms with Crippen molar-refractivity contribution in [2.24, 2.45) is 0 Å². The van der Waals surface area contributed by atoms with E-state index in [2.05, 4.69) is 5.32 Å². The standard InChI is InChI=1S/C16H17ClN2O2/c1-10(11-6-3-4-8-13(11)17)19-16(20)12-7-5-9-14(21-2)15(12)18/h3-10H,18H2,1-2H3,(H,19,20). The number of nitrogens with two attached hydrogens (primary N) is 1. The lowest BCUT2D eigenvalue weighted by molar-refractivity contribution is 0.0940. The van der Waals surface area contributed by atoms with Gasteiger partial charge >= 0.3 is 0 Å². The quantitative estimate of drug-likeness (QED) is 0.851. The lowest BCUT2D eigenvalue weighted by Gasteiger charge is -2.17. The van der Waals surface area contributed by atoms with Crippen LogP contribution in [0.25, 0.3) is 0 Å². The van der Waals surface area contributed by atoms with Crippen LogP contribution in [0.4, 0.5) is 5.69 Å². The van der Waals surface area contributed by atoms with Crippen LogP contribution in [-0.4, -0.2) is 13.0 Å². The van der Waals surface area contributed by atoms with Crippen LogP contribution in [0.1, 0.15) is 28.9 Å². The molecule has 1 amide bonds. The number of carbonyl (C=O) groups is 1. The minimum absolute atomic E-state index is 0.225. The fraction of sp³-hybridized carbons (Fsp3) is 0.188. The van der Waals surface area contributed by atoms with E-state index >= 15 is 0 Å². The van der Waals surface area contributed by atoms with Gasteiger partial charge in [0, 0.05) is 5.02 Å². The summed E-state index contributed by atoms with van der Waals surface area (Å²) < 4.78 is 5.12. The number of amides is 1. The summed E-state index contributed by atoms with van der Waals surface area (Å²) in [6.45, 7) is 1.87. The molecule has 2 aromatic carbocycles. The Balaban J connectivity index is 2.21. The van der Waals surface area contributed by atoms with Gasteiger partial charge < -0.3 is 15.8 Å². The summed E-state index contributed by atoms with van der Waals surface area (Å²) in [5.41, 5.74) is 7.49. The first-order chi connectivity index (χ1) is 10.0. The summed E-state index contributed by atoms with van der Waals surface area (Å²) in [5, 5.41) is 3.50. The average Bonchev–Trinajstić information content (AvgIpc) is 2.47. The number of benzene rings is 2. The van der Waals surface area contributed by atoms with Crippen LogP contribution in [0, 0.1) is 0 Å². The highest BCUT2D eigenvalue weighted by molar-refractivity contribution is 6.31. The Hall–Kier alpha value is -2.20. The zero-order valence-electron chi connectivity index (χ0n) is 11.9. The molecule has 0 saturated heterocycles. The van der Waals surface area contributed by atoms with Gasteiger partial charge in [0.05, 0.1) is 24.4 Å². The van der Waals surface area contributed by atoms with Crippen LogP contribution in [0.15, 0.2) is 42.5 Å². The first kappa shape index (κ1) is 15.2. The zero-order valence-corrected chi connectivity index (χ0v) is 12.6. The number of hydrogen-bond donors (Lipinski definition) is 2. The lowest BCUT2D eigenvalue weighted by Crippen LogP contribution is -2.27. The van der Waals surface area contributed by atoms with Crippen LogP contribution in [0.5, 0.6) is 5.75 Å². The zero-order chi connectivity index (χ0) is 15.4. The van der Waals surface area contributed by atoms with Crippen molar-refractivity contribution in [1.29, 1.82) is 0 Å². The molecule has 4 nitrogen and oxygen atoms in total. The molecule has 0 aliphatic heterocycles. The van der Waals surface area contributed by atoms with E-state index in [9.17, 15) is 4.79 Å². The predicted octanol–water partition coefficient (Wildman–Crippen LogP) is 3.42. The molecule has 21 heavy (non-hydrogen) atoms. The van der Waals surface area contributed by atoms with Gasteiger partial charge in [-0.15, -0.1) is 0 Å². The summed E-state index contributed by atoms with van der Waals surface area (Å²) in [4.78, 5) is 12.3. The fourth-order valence-electron chi connectivity index (χ4n) is 2.10. The summed E-state index contributed by atoms with van der Waals surface area (Å²) >= 11 is 6.13. The van der Waals surface area contributed by atoms with E-state index in [0.717, 1.165) is 5.56 Å². The molecule has 1 atom stereocenters. The molecule has 0 radical (unpaired) electrons. The minimum Gasteiger partial charge on any atom is -0.495 e. The van der Waals surface area contributed by atoms with Gasteiger partial charge in [-0.3, -0.25) is 4.79 Å². The average molecular weight is 305 g/mol. The Morgan fingerprint density at radius 2 is 1.95 bits per heavy atom. The SMILES string of the molecule is COc1cccc(C(=O)NC(C)c2ccccc2Cl)c1N. The fourth-order valence-corrected chi connectivity index (χ4v) is 2.40. The van der Waals surface area contributed by atoms with E-state index in [0.29, 0.717) is 22.0 Å². The Morgan fingerprint density at radius 3 is 2.62 bits per heavy atom. The summed E-state index contributed by atoms with van der Waals surface area (Å²) in [7, 11) is 1.51. The number of methoxy groups -OCH3 is 1. The molecular formula is C16H17ClN2O2. The molecule has 2 rings (SSSR count). The second-order valence-corrected chi connectivity index (χ2v) is 5.05. The molecule has 0 heterocycles. The van der Waals surface area contributed by atoms with Crippen LogP contribution in [-0.2, 0) is 0 Å². The summed E-state index contributed by atoms with van der Waals surface area (Å²) in [6.07, 6.45) is 0. The maximum atomic E-state index is 12.3. The minimum atomic E-state index is -0.265. The number of hydrogen-bond acceptors (Lipinski definition) is 3. The molecule has 1 unspecified atom stereocenters. The van der Waals surface area contributed by atoms with Crippen molar-refractivity contribution in [3.8, 4) is 5.75 Å². The number of carbonyl (C=O) groups excluding carboxylic acids is 1. The highest BCUT2D eigenvalue weighted by Crippen LogP contribution is 2.26. The van der Waals surface area contributed by atoms with Crippen molar-refractivity contribution in [3.63, 3.8) is 0 Å². The van der Waals surface area contributed by atoms with E-state index in [-0.39, 0.29) is 11.9 Å². The third-order valence-electron chi connectivity index (χ3n) is 3.25.